The van der Waals surface area contributed by atoms with E-state index >= 15 is 0 Å². The maximum Gasteiger partial charge on any atom is 0.239 e. The molecule has 0 saturated carbocycles. The quantitative estimate of drug-likeness (QED) is 0.748. The number of halogens is 1. The van der Waals surface area contributed by atoms with Gasteiger partial charge in [0.1, 0.15) is 16.9 Å². The van der Waals surface area contributed by atoms with E-state index in [1.54, 1.807) is 44.2 Å². The number of carbonyl (C=O) groups excluding carboxylic acids is 2. The van der Waals surface area contributed by atoms with Crippen LogP contribution in [-0.2, 0) is 9.59 Å². The molecule has 0 unspecified atom stereocenters. The van der Waals surface area contributed by atoms with Gasteiger partial charge in [0.25, 0.3) is 0 Å². The van der Waals surface area contributed by atoms with Crippen molar-refractivity contribution in [2.24, 2.45) is 5.41 Å². The molecule has 6 nitrogen and oxygen atoms in total. The number of para-hydroxylation sites is 1. The molecule has 0 spiro atoms. The average Bonchev–Trinajstić information content (AvgIpc) is 2.63. The van der Waals surface area contributed by atoms with Gasteiger partial charge in [-0.1, -0.05) is 29.8 Å². The summed E-state index contributed by atoms with van der Waals surface area (Å²) < 4.78 is 10.4. The Labute approximate surface area is 157 Å². The number of nitrogens with one attached hydrogen (secondary N) is 2. The monoisotopic (exact) mass is 376 g/mol. The van der Waals surface area contributed by atoms with Gasteiger partial charge in [0, 0.05) is 17.8 Å². The summed E-state index contributed by atoms with van der Waals surface area (Å²) in [6.45, 7) is 3.08. The average molecular weight is 377 g/mol. The van der Waals surface area contributed by atoms with Gasteiger partial charge in [-0.2, -0.15) is 0 Å². The van der Waals surface area contributed by atoms with E-state index in [-0.39, 0.29) is 0 Å². The molecule has 2 amide bonds. The molecule has 0 atom stereocenters. The van der Waals surface area contributed by atoms with Crippen LogP contribution in [0.1, 0.15) is 13.8 Å². The van der Waals surface area contributed by atoms with Crippen molar-refractivity contribution < 1.29 is 19.1 Å². The third kappa shape index (κ3) is 4.26. The second-order valence-electron chi connectivity index (χ2n) is 6.09. The lowest BCUT2D eigenvalue weighted by molar-refractivity contribution is -0.135. The number of ether oxygens (including phenoxy) is 2. The minimum atomic E-state index is -1.33. The SMILES string of the molecule is COc1cc(NC(=O)C(C)(C)C(=O)Nc2ccccc2)c(OC)cc1Cl. The fourth-order valence-corrected chi connectivity index (χ4v) is 2.38. The molecule has 0 aliphatic heterocycles. The Morgan fingerprint density at radius 2 is 1.50 bits per heavy atom. The summed E-state index contributed by atoms with van der Waals surface area (Å²) >= 11 is 6.07. The number of amides is 2. The van der Waals surface area contributed by atoms with Gasteiger partial charge < -0.3 is 20.1 Å². The maximum atomic E-state index is 12.7. The van der Waals surface area contributed by atoms with Gasteiger partial charge in [-0.25, -0.2) is 0 Å². The maximum absolute atomic E-state index is 12.7. The molecule has 0 aromatic heterocycles. The molecular formula is C19H21ClN2O4. The Morgan fingerprint density at radius 1 is 0.923 bits per heavy atom. The summed E-state index contributed by atoms with van der Waals surface area (Å²) in [6.07, 6.45) is 0. The Kier molecular flexibility index (Phi) is 6.10. The van der Waals surface area contributed by atoms with Crippen molar-refractivity contribution >= 4 is 34.8 Å². The molecule has 2 N–H and O–H groups in total. The Balaban J connectivity index is 2.21. The first-order chi connectivity index (χ1) is 12.3. The van der Waals surface area contributed by atoms with E-state index < -0.39 is 17.2 Å². The fourth-order valence-electron chi connectivity index (χ4n) is 2.15. The van der Waals surface area contributed by atoms with Crippen molar-refractivity contribution in [2.45, 2.75) is 13.8 Å². The van der Waals surface area contributed by atoms with E-state index in [4.69, 9.17) is 21.1 Å². The minimum Gasteiger partial charge on any atom is -0.495 e. The number of carbonyl (C=O) groups is 2. The Bertz CT molecular complexity index is 807. The van der Waals surface area contributed by atoms with E-state index in [0.29, 0.717) is 27.9 Å². The zero-order chi connectivity index (χ0) is 19.3. The fraction of sp³-hybridized carbons (Fsp3) is 0.263. The summed E-state index contributed by atoms with van der Waals surface area (Å²) in [5.41, 5.74) is -0.350. The largest absolute Gasteiger partial charge is 0.495 e. The Hall–Kier alpha value is -2.73. The lowest BCUT2D eigenvalue weighted by Gasteiger charge is -2.23. The summed E-state index contributed by atoms with van der Waals surface area (Å²) in [6, 6.07) is 12.0. The van der Waals surface area contributed by atoms with E-state index in [2.05, 4.69) is 10.6 Å². The van der Waals surface area contributed by atoms with Crippen LogP contribution in [0.3, 0.4) is 0 Å². The lowest BCUT2D eigenvalue weighted by atomic mass is 9.90. The van der Waals surface area contributed by atoms with Crippen LogP contribution < -0.4 is 20.1 Å². The summed E-state index contributed by atoms with van der Waals surface area (Å²) in [5.74, 6) is -0.174. The molecule has 0 aliphatic carbocycles. The number of anilines is 2. The highest BCUT2D eigenvalue weighted by molar-refractivity contribution is 6.32. The van der Waals surface area contributed by atoms with E-state index in [9.17, 15) is 9.59 Å². The van der Waals surface area contributed by atoms with Gasteiger partial charge in [0.2, 0.25) is 11.8 Å². The second kappa shape index (κ2) is 8.10. The number of benzene rings is 2. The zero-order valence-corrected chi connectivity index (χ0v) is 15.8. The van der Waals surface area contributed by atoms with Crippen LogP contribution in [0.2, 0.25) is 5.02 Å². The zero-order valence-electron chi connectivity index (χ0n) is 15.1. The molecule has 2 aromatic carbocycles. The first kappa shape index (κ1) is 19.6. The minimum absolute atomic E-state index is 0.350. The van der Waals surface area contributed by atoms with Gasteiger partial charge >= 0.3 is 0 Å². The highest BCUT2D eigenvalue weighted by Gasteiger charge is 2.36. The van der Waals surface area contributed by atoms with Crippen LogP contribution in [0.15, 0.2) is 42.5 Å². The molecule has 0 heterocycles. The molecule has 0 saturated heterocycles. The molecule has 0 bridgehead atoms. The van der Waals surface area contributed by atoms with Crippen molar-refractivity contribution in [2.75, 3.05) is 24.9 Å². The molecule has 26 heavy (non-hydrogen) atoms. The molecule has 138 valence electrons. The van der Waals surface area contributed by atoms with Crippen LogP contribution in [0.5, 0.6) is 11.5 Å². The van der Waals surface area contributed by atoms with Crippen LogP contribution >= 0.6 is 11.6 Å². The smallest absolute Gasteiger partial charge is 0.239 e. The molecule has 0 aliphatic rings. The summed E-state index contributed by atoms with van der Waals surface area (Å²) in [4.78, 5) is 25.3. The lowest BCUT2D eigenvalue weighted by Crippen LogP contribution is -2.41. The summed E-state index contributed by atoms with van der Waals surface area (Å²) in [7, 11) is 2.93. The normalized spacial score (nSPS) is 10.8. The van der Waals surface area contributed by atoms with Crippen LogP contribution in [0.4, 0.5) is 11.4 Å². The van der Waals surface area contributed by atoms with E-state index in [1.165, 1.54) is 20.3 Å². The van der Waals surface area contributed by atoms with Gasteiger partial charge in [0.05, 0.1) is 24.9 Å². The molecule has 2 rings (SSSR count). The van der Waals surface area contributed by atoms with Crippen LogP contribution in [0.25, 0.3) is 0 Å². The number of hydrogen-bond donors (Lipinski definition) is 2. The van der Waals surface area contributed by atoms with Crippen molar-refractivity contribution in [1.29, 1.82) is 0 Å². The first-order valence-electron chi connectivity index (χ1n) is 7.89. The third-order valence-electron chi connectivity index (χ3n) is 3.89. The van der Waals surface area contributed by atoms with Gasteiger partial charge in [-0.15, -0.1) is 0 Å². The van der Waals surface area contributed by atoms with Crippen molar-refractivity contribution in [3.8, 4) is 11.5 Å². The predicted molar refractivity (Wildman–Crippen MR) is 102 cm³/mol. The van der Waals surface area contributed by atoms with Gasteiger partial charge in [0.15, 0.2) is 0 Å². The predicted octanol–water partition coefficient (Wildman–Crippen LogP) is 3.96. The first-order valence-corrected chi connectivity index (χ1v) is 8.27. The number of hydrogen-bond acceptors (Lipinski definition) is 4. The van der Waals surface area contributed by atoms with Crippen molar-refractivity contribution in [3.63, 3.8) is 0 Å². The molecule has 0 fully saturated rings. The van der Waals surface area contributed by atoms with Crippen molar-refractivity contribution in [1.82, 2.24) is 0 Å². The highest BCUT2D eigenvalue weighted by Crippen LogP contribution is 2.36. The molecule has 2 aromatic rings. The molecule has 7 heteroatoms. The number of rotatable bonds is 6. The third-order valence-corrected chi connectivity index (χ3v) is 4.18. The molecule has 0 radical (unpaired) electrons. The van der Waals surface area contributed by atoms with Crippen LogP contribution in [0, 0.1) is 5.41 Å². The summed E-state index contributed by atoms with van der Waals surface area (Å²) in [5, 5.41) is 5.79. The van der Waals surface area contributed by atoms with E-state index in [0.717, 1.165) is 0 Å². The Morgan fingerprint density at radius 3 is 2.08 bits per heavy atom. The molecular weight excluding hydrogens is 356 g/mol. The second-order valence-corrected chi connectivity index (χ2v) is 6.49. The standard InChI is InChI=1S/C19H21ClN2O4/c1-19(2,17(23)21-12-8-6-5-7-9-12)18(24)22-14-11-15(25-3)13(20)10-16(14)26-4/h5-11H,1-4H3,(H,21,23)(H,22,24). The van der Waals surface area contributed by atoms with Gasteiger partial charge in [-0.05, 0) is 26.0 Å². The van der Waals surface area contributed by atoms with E-state index in [1.807, 2.05) is 6.07 Å². The van der Waals surface area contributed by atoms with Crippen molar-refractivity contribution in [3.05, 3.63) is 47.5 Å². The van der Waals surface area contributed by atoms with Gasteiger partial charge in [-0.3, -0.25) is 9.59 Å². The number of methoxy groups -OCH3 is 2. The highest BCUT2D eigenvalue weighted by atomic mass is 35.5. The van der Waals surface area contributed by atoms with Crippen LogP contribution in [-0.4, -0.2) is 26.0 Å². The topological polar surface area (TPSA) is 76.7 Å².